The van der Waals surface area contributed by atoms with E-state index in [0.717, 1.165) is 18.0 Å². The van der Waals surface area contributed by atoms with Crippen LogP contribution in [0.1, 0.15) is 10.5 Å². The number of aromatic nitrogens is 3. The molecule has 0 N–H and O–H groups in total. The fourth-order valence-electron chi connectivity index (χ4n) is 1.57. The molecular weight excluding hydrogens is 270 g/mol. The SMILES string of the molecule is COC(=O)c1nnn(-c2ccccc2)c1S(C)(=O)=O. The average molecular weight is 281 g/mol. The number of methoxy groups -OCH3 is 1. The van der Waals surface area contributed by atoms with Gasteiger partial charge in [-0.1, -0.05) is 23.4 Å². The van der Waals surface area contributed by atoms with Gasteiger partial charge < -0.3 is 4.74 Å². The lowest BCUT2D eigenvalue weighted by atomic mass is 10.3. The van der Waals surface area contributed by atoms with Gasteiger partial charge >= 0.3 is 5.97 Å². The number of sulfone groups is 1. The van der Waals surface area contributed by atoms with Crippen LogP contribution >= 0.6 is 0 Å². The predicted molar refractivity (Wildman–Crippen MR) is 65.8 cm³/mol. The number of hydrogen-bond acceptors (Lipinski definition) is 6. The zero-order valence-electron chi connectivity index (χ0n) is 10.3. The molecule has 0 aliphatic heterocycles. The lowest BCUT2D eigenvalue weighted by Gasteiger charge is -2.05. The van der Waals surface area contributed by atoms with Gasteiger partial charge in [0.05, 0.1) is 12.8 Å². The van der Waals surface area contributed by atoms with Gasteiger partial charge in [0, 0.05) is 6.26 Å². The molecule has 19 heavy (non-hydrogen) atoms. The van der Waals surface area contributed by atoms with Crippen LogP contribution in [0.2, 0.25) is 0 Å². The number of carbonyl (C=O) groups excluding carboxylic acids is 1. The molecule has 0 atom stereocenters. The molecule has 2 aromatic rings. The van der Waals surface area contributed by atoms with E-state index in [2.05, 4.69) is 15.0 Å². The summed E-state index contributed by atoms with van der Waals surface area (Å²) in [6.45, 7) is 0. The maximum Gasteiger partial charge on any atom is 0.361 e. The van der Waals surface area contributed by atoms with Crippen LogP contribution in [-0.2, 0) is 14.6 Å². The molecule has 0 unspecified atom stereocenters. The number of hydrogen-bond donors (Lipinski definition) is 0. The number of carbonyl (C=O) groups is 1. The molecule has 0 fully saturated rings. The summed E-state index contributed by atoms with van der Waals surface area (Å²) in [5, 5.41) is 7.01. The van der Waals surface area contributed by atoms with Gasteiger partial charge in [0.15, 0.2) is 14.9 Å². The fraction of sp³-hybridized carbons (Fsp3) is 0.182. The minimum Gasteiger partial charge on any atom is -0.464 e. The van der Waals surface area contributed by atoms with Crippen LogP contribution in [0.4, 0.5) is 0 Å². The van der Waals surface area contributed by atoms with Crippen LogP contribution in [-0.4, -0.2) is 42.7 Å². The van der Waals surface area contributed by atoms with Crippen LogP contribution in [0.3, 0.4) is 0 Å². The molecule has 0 saturated carbocycles. The van der Waals surface area contributed by atoms with Gasteiger partial charge in [-0.05, 0) is 12.1 Å². The third-order valence-electron chi connectivity index (χ3n) is 2.36. The number of nitrogens with zero attached hydrogens (tertiary/aromatic N) is 3. The molecule has 7 nitrogen and oxygen atoms in total. The lowest BCUT2D eigenvalue weighted by molar-refractivity contribution is 0.0589. The highest BCUT2D eigenvalue weighted by Gasteiger charge is 2.28. The Morgan fingerprint density at radius 3 is 2.42 bits per heavy atom. The van der Waals surface area contributed by atoms with Gasteiger partial charge in [0.2, 0.25) is 5.69 Å². The minimum atomic E-state index is -3.69. The molecule has 2 rings (SSSR count). The number of rotatable bonds is 3. The van der Waals surface area contributed by atoms with Crippen molar-refractivity contribution in [3.63, 3.8) is 0 Å². The molecule has 0 aliphatic rings. The number of ether oxygens (including phenoxy) is 1. The summed E-state index contributed by atoms with van der Waals surface area (Å²) in [4.78, 5) is 11.5. The summed E-state index contributed by atoms with van der Waals surface area (Å²) in [5.74, 6) is -0.845. The number of esters is 1. The highest BCUT2D eigenvalue weighted by Crippen LogP contribution is 2.18. The van der Waals surface area contributed by atoms with E-state index < -0.39 is 15.8 Å². The molecule has 1 heterocycles. The van der Waals surface area contributed by atoms with E-state index >= 15 is 0 Å². The van der Waals surface area contributed by atoms with Crippen LogP contribution in [0.15, 0.2) is 35.4 Å². The second kappa shape index (κ2) is 4.81. The molecular formula is C11H11N3O4S. The van der Waals surface area contributed by atoms with Crippen molar-refractivity contribution < 1.29 is 17.9 Å². The van der Waals surface area contributed by atoms with E-state index in [9.17, 15) is 13.2 Å². The van der Waals surface area contributed by atoms with Crippen LogP contribution in [0.25, 0.3) is 5.69 Å². The first-order chi connectivity index (χ1) is 8.95. The van der Waals surface area contributed by atoms with Crippen LogP contribution in [0, 0.1) is 0 Å². The van der Waals surface area contributed by atoms with E-state index in [1.54, 1.807) is 30.3 Å². The summed E-state index contributed by atoms with van der Waals surface area (Å²) >= 11 is 0. The molecule has 0 spiro atoms. The Labute approximate surface area is 109 Å². The lowest BCUT2D eigenvalue weighted by Crippen LogP contribution is -2.13. The Morgan fingerprint density at radius 2 is 1.89 bits per heavy atom. The topological polar surface area (TPSA) is 91.2 Å². The standard InChI is InChI=1S/C11H11N3O4S/c1-18-11(15)9-10(19(2,16)17)14(13-12-9)8-6-4-3-5-7-8/h3-7H,1-2H3. The molecule has 0 amide bonds. The smallest absolute Gasteiger partial charge is 0.361 e. The maximum atomic E-state index is 11.8. The Kier molecular flexibility index (Phi) is 3.34. The van der Waals surface area contributed by atoms with E-state index in [-0.39, 0.29) is 10.7 Å². The molecule has 0 radical (unpaired) electrons. The Morgan fingerprint density at radius 1 is 1.26 bits per heavy atom. The van der Waals surface area contributed by atoms with Crippen molar-refractivity contribution in [2.75, 3.05) is 13.4 Å². The first-order valence-corrected chi connectivity index (χ1v) is 7.14. The monoisotopic (exact) mass is 281 g/mol. The third-order valence-corrected chi connectivity index (χ3v) is 3.43. The van der Waals surface area contributed by atoms with Crippen molar-refractivity contribution >= 4 is 15.8 Å². The van der Waals surface area contributed by atoms with Gasteiger partial charge in [-0.25, -0.2) is 17.9 Å². The number of benzene rings is 1. The summed E-state index contributed by atoms with van der Waals surface area (Å²) < 4.78 is 29.2. The molecule has 0 saturated heterocycles. The first kappa shape index (κ1) is 13.2. The Hall–Kier alpha value is -2.22. The van der Waals surface area contributed by atoms with E-state index in [4.69, 9.17) is 0 Å². The Balaban J connectivity index is 2.71. The third kappa shape index (κ3) is 2.48. The summed E-state index contributed by atoms with van der Waals surface area (Å²) in [6.07, 6.45) is 0.984. The van der Waals surface area contributed by atoms with Gasteiger partial charge in [-0.15, -0.1) is 5.10 Å². The van der Waals surface area contributed by atoms with Gasteiger partial charge in [0.1, 0.15) is 0 Å². The largest absolute Gasteiger partial charge is 0.464 e. The summed E-state index contributed by atoms with van der Waals surface area (Å²) in [7, 11) is -2.54. The molecule has 1 aromatic carbocycles. The van der Waals surface area contributed by atoms with E-state index in [1.165, 1.54) is 0 Å². The average Bonchev–Trinajstić information content (AvgIpc) is 2.83. The highest BCUT2D eigenvalue weighted by molar-refractivity contribution is 7.90. The second-order valence-corrected chi connectivity index (χ2v) is 5.69. The van der Waals surface area contributed by atoms with Crippen molar-refractivity contribution in [2.45, 2.75) is 5.03 Å². The molecule has 0 aliphatic carbocycles. The van der Waals surface area contributed by atoms with Crippen molar-refractivity contribution in [2.24, 2.45) is 0 Å². The molecule has 0 bridgehead atoms. The van der Waals surface area contributed by atoms with Gasteiger partial charge in [-0.2, -0.15) is 0 Å². The van der Waals surface area contributed by atoms with Gasteiger partial charge in [-0.3, -0.25) is 0 Å². The Bertz CT molecular complexity index is 707. The fourth-order valence-corrected chi connectivity index (χ4v) is 2.50. The summed E-state index contributed by atoms with van der Waals surface area (Å²) in [6, 6.07) is 8.54. The van der Waals surface area contributed by atoms with Crippen molar-refractivity contribution in [1.29, 1.82) is 0 Å². The highest BCUT2D eigenvalue weighted by atomic mass is 32.2. The normalized spacial score (nSPS) is 11.3. The number of para-hydroxylation sites is 1. The quantitative estimate of drug-likeness (QED) is 0.759. The second-order valence-electron chi connectivity index (χ2n) is 3.75. The van der Waals surface area contributed by atoms with Crippen LogP contribution < -0.4 is 0 Å². The zero-order chi connectivity index (χ0) is 14.0. The van der Waals surface area contributed by atoms with E-state index in [0.29, 0.717) is 5.69 Å². The van der Waals surface area contributed by atoms with Crippen LogP contribution in [0.5, 0.6) is 0 Å². The zero-order valence-corrected chi connectivity index (χ0v) is 11.1. The van der Waals surface area contributed by atoms with E-state index in [1.807, 2.05) is 0 Å². The van der Waals surface area contributed by atoms with Crippen molar-refractivity contribution in [3.8, 4) is 5.69 Å². The minimum absolute atomic E-state index is 0.287. The molecule has 1 aromatic heterocycles. The predicted octanol–water partition coefficient (Wildman–Crippen LogP) is 0.457. The van der Waals surface area contributed by atoms with Gasteiger partial charge in [0.25, 0.3) is 0 Å². The first-order valence-electron chi connectivity index (χ1n) is 5.24. The van der Waals surface area contributed by atoms with Crippen molar-refractivity contribution in [1.82, 2.24) is 15.0 Å². The molecule has 100 valence electrons. The molecule has 8 heteroatoms. The maximum absolute atomic E-state index is 11.8. The van der Waals surface area contributed by atoms with Crippen molar-refractivity contribution in [3.05, 3.63) is 36.0 Å². The summed E-state index contributed by atoms with van der Waals surface area (Å²) in [5.41, 5.74) is 0.166.